The van der Waals surface area contributed by atoms with Crippen molar-refractivity contribution in [2.45, 2.75) is 56.8 Å². The highest BCUT2D eigenvalue weighted by Crippen LogP contribution is 2.43. The number of fused-ring (bicyclic) bond motifs is 1. The summed E-state index contributed by atoms with van der Waals surface area (Å²) in [4.78, 5) is 62.0. The molecule has 1 aliphatic rings. The summed E-state index contributed by atoms with van der Waals surface area (Å²) in [7, 11) is 4.65. The summed E-state index contributed by atoms with van der Waals surface area (Å²) in [5.74, 6) is -1.63. The van der Waals surface area contributed by atoms with Gasteiger partial charge in [0.25, 0.3) is 5.56 Å². The summed E-state index contributed by atoms with van der Waals surface area (Å²) >= 11 is 0. The maximum atomic E-state index is 13.4. The number of nitrogens with zero attached hydrogens (tertiary/aromatic N) is 3. The van der Waals surface area contributed by atoms with Gasteiger partial charge < -0.3 is 38.3 Å². The average molecular weight is 814 g/mol. The number of carboxylic acid groups (broad SMARTS) is 1. The highest BCUT2D eigenvalue weighted by atomic mass is 16.6. The molecule has 5 aromatic rings. The fourth-order valence-corrected chi connectivity index (χ4v) is 6.79. The Hall–Kier alpha value is -6.14. The Morgan fingerprint density at radius 2 is 1.51 bits per heavy atom. The Bertz CT molecular complexity index is 2210. The van der Waals surface area contributed by atoms with Crippen LogP contribution in [0.3, 0.4) is 0 Å². The molecule has 312 valence electrons. The van der Waals surface area contributed by atoms with Crippen LogP contribution in [0.25, 0.3) is 11.2 Å². The molecule has 6 rings (SSSR count). The molecule has 2 aromatic heterocycles. The molecule has 0 spiro atoms. The van der Waals surface area contributed by atoms with Gasteiger partial charge in [-0.15, -0.1) is 0 Å². The number of aromatic amines is 1. The maximum Gasteiger partial charge on any atom is 0.306 e. The van der Waals surface area contributed by atoms with Crippen molar-refractivity contribution in [1.29, 1.82) is 0 Å². The molecule has 17 nitrogen and oxygen atoms in total. The van der Waals surface area contributed by atoms with Crippen LogP contribution in [0.1, 0.15) is 49.6 Å². The van der Waals surface area contributed by atoms with Crippen LogP contribution in [0.15, 0.2) is 90.0 Å². The first kappa shape index (κ1) is 42.5. The number of anilines is 1. The van der Waals surface area contributed by atoms with Gasteiger partial charge in [0.2, 0.25) is 11.9 Å². The number of hydrogen-bond donors (Lipinski definition) is 3. The second-order valence-corrected chi connectivity index (χ2v) is 13.9. The number of H-pyrrole nitrogens is 1. The molecule has 3 aromatic carbocycles. The SMILES string of the molecule is COCCO[C@@H]1[C@H](OC(=O)CCC(=O)O)[C@@H](COC(c2ccccc2)(c2ccc(OC)cc2)c2ccc(OC)cc2)O[C@H]1n1cnc2c(=O)[nH]c(NC(=O)C(C)C)nc21. The van der Waals surface area contributed by atoms with Crippen molar-refractivity contribution in [3.8, 4) is 11.5 Å². The number of nitrogens with one attached hydrogen (secondary N) is 2. The van der Waals surface area contributed by atoms with Crippen molar-refractivity contribution < 1.29 is 52.6 Å². The zero-order valence-corrected chi connectivity index (χ0v) is 33.3. The van der Waals surface area contributed by atoms with Crippen LogP contribution >= 0.6 is 0 Å². The van der Waals surface area contributed by atoms with Crippen molar-refractivity contribution in [2.24, 2.45) is 5.92 Å². The number of hydrogen-bond acceptors (Lipinski definition) is 13. The number of amides is 1. The minimum atomic E-state index is -1.30. The predicted octanol–water partition coefficient (Wildman–Crippen LogP) is 4.45. The third kappa shape index (κ3) is 9.44. The smallest absolute Gasteiger partial charge is 0.306 e. The fraction of sp³-hybridized carbons (Fsp3) is 0.381. The Morgan fingerprint density at radius 1 is 0.881 bits per heavy atom. The van der Waals surface area contributed by atoms with Gasteiger partial charge in [-0.3, -0.25) is 34.0 Å². The summed E-state index contributed by atoms with van der Waals surface area (Å²) in [6, 6.07) is 24.4. The topological polar surface area (TPSA) is 212 Å². The van der Waals surface area contributed by atoms with E-state index in [1.54, 1.807) is 28.1 Å². The van der Waals surface area contributed by atoms with E-state index in [2.05, 4.69) is 20.3 Å². The molecule has 0 bridgehead atoms. The normalized spacial score (nSPS) is 17.9. The third-order valence-electron chi connectivity index (χ3n) is 9.80. The van der Waals surface area contributed by atoms with Gasteiger partial charge >= 0.3 is 11.9 Å². The van der Waals surface area contributed by atoms with Crippen LogP contribution in [-0.4, -0.2) is 102 Å². The number of aromatic nitrogens is 4. The number of aliphatic carboxylic acids is 1. The van der Waals surface area contributed by atoms with Gasteiger partial charge in [-0.1, -0.05) is 68.4 Å². The number of rotatable bonds is 19. The van der Waals surface area contributed by atoms with E-state index in [0.717, 1.165) is 16.7 Å². The zero-order valence-electron chi connectivity index (χ0n) is 33.3. The van der Waals surface area contributed by atoms with Crippen LogP contribution in [-0.2, 0) is 43.7 Å². The lowest BCUT2D eigenvalue weighted by Gasteiger charge is -2.37. The first-order valence-electron chi connectivity index (χ1n) is 18.9. The van der Waals surface area contributed by atoms with Gasteiger partial charge in [-0.25, -0.2) is 4.98 Å². The van der Waals surface area contributed by atoms with Crippen molar-refractivity contribution >= 4 is 35.0 Å². The van der Waals surface area contributed by atoms with E-state index in [1.165, 1.54) is 18.0 Å². The first-order chi connectivity index (χ1) is 28.5. The van der Waals surface area contributed by atoms with Gasteiger partial charge in [0, 0.05) is 13.0 Å². The number of imidazole rings is 1. The molecular formula is C42H47N5O12. The van der Waals surface area contributed by atoms with Crippen molar-refractivity contribution in [1.82, 2.24) is 19.5 Å². The van der Waals surface area contributed by atoms with Crippen LogP contribution in [0.4, 0.5) is 5.95 Å². The second-order valence-electron chi connectivity index (χ2n) is 13.9. The lowest BCUT2D eigenvalue weighted by atomic mass is 9.80. The van der Waals surface area contributed by atoms with Gasteiger partial charge in [0.1, 0.15) is 29.3 Å². The van der Waals surface area contributed by atoms with Crippen molar-refractivity contribution in [2.75, 3.05) is 46.5 Å². The standard InChI is InChI=1S/C42H47N5O12/c1-25(2)38(51)45-41-44-37-34(39(52)46-41)43-24-47(37)40-36(56-22-21-53-3)35(59-33(50)20-19-32(48)49)31(58-40)23-57-42(26-9-7-6-8-10-26,27-11-15-29(54-4)16-12-27)28-13-17-30(55-5)18-14-28/h6-18,24-25,31,35-36,40H,19-23H2,1-5H3,(H,48,49)(H2,44,45,46,51,52)/t31-,35-,36-,40-/m1/s1. The Morgan fingerprint density at radius 3 is 2.08 bits per heavy atom. The Kier molecular flexibility index (Phi) is 13.7. The molecule has 1 saturated heterocycles. The molecule has 0 aliphatic carbocycles. The summed E-state index contributed by atoms with van der Waals surface area (Å²) in [6.45, 7) is 3.35. The number of carbonyl (C=O) groups excluding carboxylic acids is 2. The van der Waals surface area contributed by atoms with Gasteiger partial charge in [-0.2, -0.15) is 4.98 Å². The molecule has 0 radical (unpaired) electrons. The highest BCUT2D eigenvalue weighted by Gasteiger charge is 2.51. The number of esters is 1. The van der Waals surface area contributed by atoms with E-state index < -0.39 is 66.4 Å². The molecule has 0 unspecified atom stereocenters. The molecular weight excluding hydrogens is 766 g/mol. The van der Waals surface area contributed by atoms with E-state index in [9.17, 15) is 24.3 Å². The molecule has 1 aliphatic heterocycles. The maximum absolute atomic E-state index is 13.4. The Balaban J connectivity index is 1.47. The number of ether oxygens (including phenoxy) is 7. The molecule has 3 heterocycles. The minimum Gasteiger partial charge on any atom is -0.497 e. The van der Waals surface area contributed by atoms with Crippen LogP contribution in [0.5, 0.6) is 11.5 Å². The first-order valence-corrected chi connectivity index (χ1v) is 18.9. The molecule has 59 heavy (non-hydrogen) atoms. The monoisotopic (exact) mass is 813 g/mol. The van der Waals surface area contributed by atoms with E-state index in [1.807, 2.05) is 78.9 Å². The second kappa shape index (κ2) is 19.1. The zero-order chi connectivity index (χ0) is 42.1. The Labute approximate surface area is 339 Å². The molecule has 1 amide bonds. The summed E-state index contributed by atoms with van der Waals surface area (Å²) in [5.41, 5.74) is 0.290. The molecule has 3 N–H and O–H groups in total. The van der Waals surface area contributed by atoms with E-state index in [4.69, 9.17) is 33.2 Å². The van der Waals surface area contributed by atoms with Crippen LogP contribution in [0.2, 0.25) is 0 Å². The molecule has 1 fully saturated rings. The van der Waals surface area contributed by atoms with E-state index >= 15 is 0 Å². The quantitative estimate of drug-likeness (QED) is 0.0598. The molecule has 0 saturated carbocycles. The average Bonchev–Trinajstić information content (AvgIpc) is 3.82. The number of carbonyl (C=O) groups is 3. The van der Waals surface area contributed by atoms with Crippen molar-refractivity contribution in [3.63, 3.8) is 0 Å². The molecule has 17 heteroatoms. The number of carboxylic acids is 1. The lowest BCUT2D eigenvalue weighted by molar-refractivity contribution is -0.162. The summed E-state index contributed by atoms with van der Waals surface area (Å²) in [6.07, 6.45) is -4.05. The summed E-state index contributed by atoms with van der Waals surface area (Å²) < 4.78 is 43.9. The fourth-order valence-electron chi connectivity index (χ4n) is 6.79. The van der Waals surface area contributed by atoms with Gasteiger partial charge in [-0.05, 0) is 41.0 Å². The van der Waals surface area contributed by atoms with Crippen LogP contribution in [0, 0.1) is 5.92 Å². The van der Waals surface area contributed by atoms with Gasteiger partial charge in [0.15, 0.2) is 23.5 Å². The molecule has 4 atom stereocenters. The van der Waals surface area contributed by atoms with Crippen LogP contribution < -0.4 is 20.3 Å². The highest BCUT2D eigenvalue weighted by molar-refractivity contribution is 5.91. The predicted molar refractivity (Wildman–Crippen MR) is 212 cm³/mol. The largest absolute Gasteiger partial charge is 0.497 e. The summed E-state index contributed by atoms with van der Waals surface area (Å²) in [5, 5.41) is 12.0. The van der Waals surface area contributed by atoms with Crippen molar-refractivity contribution in [3.05, 3.63) is 112 Å². The third-order valence-corrected chi connectivity index (χ3v) is 9.80. The lowest BCUT2D eigenvalue weighted by Crippen LogP contribution is -2.43. The van der Waals surface area contributed by atoms with E-state index in [-0.39, 0.29) is 42.8 Å². The number of methoxy groups -OCH3 is 3. The van der Waals surface area contributed by atoms with E-state index in [0.29, 0.717) is 11.5 Å². The number of benzene rings is 3. The minimum absolute atomic E-state index is 0.0275. The van der Waals surface area contributed by atoms with Gasteiger partial charge in [0.05, 0.1) is 53.2 Å².